The van der Waals surface area contributed by atoms with E-state index < -0.39 is 10.0 Å². The van der Waals surface area contributed by atoms with E-state index in [9.17, 15) is 13.2 Å². The molecule has 2 rings (SSSR count). The summed E-state index contributed by atoms with van der Waals surface area (Å²) in [5, 5.41) is 0. The van der Waals surface area contributed by atoms with Crippen molar-refractivity contribution < 1.29 is 13.2 Å². The molecule has 0 saturated carbocycles. The number of benzene rings is 1. The molecule has 1 fully saturated rings. The number of nitrogens with zero attached hydrogens (tertiary/aromatic N) is 1. The lowest BCUT2D eigenvalue weighted by Gasteiger charge is -2.23. The number of carbonyl (C=O) groups excluding carboxylic acids is 1. The fourth-order valence-corrected chi connectivity index (χ4v) is 3.99. The number of amides is 1. The van der Waals surface area contributed by atoms with Crippen molar-refractivity contribution in [1.29, 1.82) is 0 Å². The summed E-state index contributed by atoms with van der Waals surface area (Å²) in [7, 11) is -3.60. The molecular formula is C15H23N3O3S. The largest absolute Gasteiger partial charge is 0.334 e. The molecule has 0 bridgehead atoms. The van der Waals surface area contributed by atoms with Gasteiger partial charge in [0, 0.05) is 30.7 Å². The molecule has 1 saturated heterocycles. The summed E-state index contributed by atoms with van der Waals surface area (Å²) in [6.45, 7) is 4.60. The normalized spacial score (nSPS) is 18.9. The van der Waals surface area contributed by atoms with Gasteiger partial charge in [-0.25, -0.2) is 13.1 Å². The van der Waals surface area contributed by atoms with Crippen LogP contribution in [0.1, 0.15) is 37.0 Å². The van der Waals surface area contributed by atoms with Gasteiger partial charge in [-0.2, -0.15) is 0 Å². The van der Waals surface area contributed by atoms with Gasteiger partial charge in [-0.05, 0) is 44.9 Å². The molecule has 1 amide bonds. The van der Waals surface area contributed by atoms with Crippen LogP contribution in [0.5, 0.6) is 0 Å². The zero-order valence-corrected chi connectivity index (χ0v) is 13.8. The van der Waals surface area contributed by atoms with Crippen molar-refractivity contribution in [2.24, 2.45) is 5.73 Å². The molecule has 0 spiro atoms. The Balaban J connectivity index is 2.27. The number of likely N-dealkylation sites (tertiary alicyclic amines) is 1. The molecule has 1 aromatic carbocycles. The molecule has 1 heterocycles. The number of hydrogen-bond acceptors (Lipinski definition) is 4. The molecule has 1 aliphatic heterocycles. The molecule has 6 nitrogen and oxygen atoms in total. The van der Waals surface area contributed by atoms with Crippen molar-refractivity contribution in [1.82, 2.24) is 9.62 Å². The number of hydrogen-bond donors (Lipinski definition) is 2. The average Bonchev–Trinajstić information content (AvgIpc) is 2.93. The molecule has 1 unspecified atom stereocenters. The molecule has 1 aliphatic rings. The van der Waals surface area contributed by atoms with Crippen molar-refractivity contribution in [3.8, 4) is 0 Å². The van der Waals surface area contributed by atoms with E-state index >= 15 is 0 Å². The lowest BCUT2D eigenvalue weighted by molar-refractivity contribution is 0.0741. The monoisotopic (exact) mass is 325 g/mol. The van der Waals surface area contributed by atoms with Crippen LogP contribution in [0.25, 0.3) is 0 Å². The molecule has 1 atom stereocenters. The van der Waals surface area contributed by atoms with Gasteiger partial charge >= 0.3 is 0 Å². The molecular weight excluding hydrogens is 302 g/mol. The lowest BCUT2D eigenvalue weighted by Crippen LogP contribution is -2.40. The quantitative estimate of drug-likeness (QED) is 0.842. The van der Waals surface area contributed by atoms with Crippen LogP contribution >= 0.6 is 0 Å². The van der Waals surface area contributed by atoms with Crippen LogP contribution in [-0.2, 0) is 10.0 Å². The zero-order valence-electron chi connectivity index (χ0n) is 13.0. The van der Waals surface area contributed by atoms with E-state index in [4.69, 9.17) is 5.73 Å². The van der Waals surface area contributed by atoms with Crippen LogP contribution in [0.15, 0.2) is 29.2 Å². The molecule has 122 valence electrons. The van der Waals surface area contributed by atoms with Crippen molar-refractivity contribution in [3.63, 3.8) is 0 Å². The second kappa shape index (κ2) is 6.76. The third kappa shape index (κ3) is 3.66. The van der Waals surface area contributed by atoms with E-state index in [0.717, 1.165) is 12.8 Å². The third-order valence-electron chi connectivity index (χ3n) is 3.69. The maximum atomic E-state index is 12.6. The van der Waals surface area contributed by atoms with Gasteiger partial charge in [-0.15, -0.1) is 0 Å². The van der Waals surface area contributed by atoms with Crippen LogP contribution in [-0.4, -0.2) is 44.4 Å². The molecule has 1 aromatic rings. The van der Waals surface area contributed by atoms with Crippen molar-refractivity contribution in [3.05, 3.63) is 29.8 Å². The lowest BCUT2D eigenvalue weighted by atomic mass is 10.1. The minimum absolute atomic E-state index is 0.0431. The van der Waals surface area contributed by atoms with E-state index in [2.05, 4.69) is 4.72 Å². The van der Waals surface area contributed by atoms with Gasteiger partial charge in [-0.1, -0.05) is 6.07 Å². The van der Waals surface area contributed by atoms with Gasteiger partial charge in [0.15, 0.2) is 0 Å². The Morgan fingerprint density at radius 2 is 2.18 bits per heavy atom. The Morgan fingerprint density at radius 1 is 1.45 bits per heavy atom. The number of rotatable bonds is 5. The highest BCUT2D eigenvalue weighted by Crippen LogP contribution is 2.21. The predicted octanol–water partition coefficient (Wildman–Crippen LogP) is 0.937. The highest BCUT2D eigenvalue weighted by Gasteiger charge is 2.29. The summed E-state index contributed by atoms with van der Waals surface area (Å²) in [5.41, 5.74) is 6.08. The second-order valence-electron chi connectivity index (χ2n) is 5.83. The summed E-state index contributed by atoms with van der Waals surface area (Å²) in [6.07, 6.45) is 1.83. The van der Waals surface area contributed by atoms with Crippen LogP contribution in [0, 0.1) is 0 Å². The third-order valence-corrected chi connectivity index (χ3v) is 5.35. The van der Waals surface area contributed by atoms with E-state index in [0.29, 0.717) is 18.7 Å². The molecule has 0 aromatic heterocycles. The summed E-state index contributed by atoms with van der Waals surface area (Å²) < 4.78 is 26.9. The maximum absolute atomic E-state index is 12.6. The molecule has 0 aliphatic carbocycles. The Morgan fingerprint density at radius 3 is 2.82 bits per heavy atom. The molecule has 7 heteroatoms. The van der Waals surface area contributed by atoms with Gasteiger partial charge < -0.3 is 10.6 Å². The number of sulfonamides is 1. The Labute approximate surface area is 131 Å². The first-order chi connectivity index (χ1) is 10.3. The van der Waals surface area contributed by atoms with Gasteiger partial charge in [0.25, 0.3) is 5.91 Å². The van der Waals surface area contributed by atoms with Crippen LogP contribution < -0.4 is 10.5 Å². The minimum atomic E-state index is -3.60. The number of nitrogens with two attached hydrogens (primary N) is 1. The Bertz CT molecular complexity index is 643. The highest BCUT2D eigenvalue weighted by molar-refractivity contribution is 7.89. The first-order valence-corrected chi connectivity index (χ1v) is 8.97. The smallest absolute Gasteiger partial charge is 0.254 e. The summed E-state index contributed by atoms with van der Waals surface area (Å²) in [4.78, 5) is 14.4. The zero-order chi connectivity index (χ0) is 16.3. The average molecular weight is 325 g/mol. The maximum Gasteiger partial charge on any atom is 0.254 e. The van der Waals surface area contributed by atoms with Crippen LogP contribution in [0.3, 0.4) is 0 Å². The van der Waals surface area contributed by atoms with Gasteiger partial charge in [0.2, 0.25) is 10.0 Å². The summed E-state index contributed by atoms with van der Waals surface area (Å²) in [6, 6.07) is 5.99. The fraction of sp³-hybridized carbons (Fsp3) is 0.533. The Kier molecular flexibility index (Phi) is 5.20. The van der Waals surface area contributed by atoms with E-state index in [-0.39, 0.29) is 22.9 Å². The summed E-state index contributed by atoms with van der Waals surface area (Å²) in [5.74, 6) is -0.158. The minimum Gasteiger partial charge on any atom is -0.334 e. The Hall–Kier alpha value is -1.44. The van der Waals surface area contributed by atoms with Gasteiger partial charge in [0.1, 0.15) is 0 Å². The van der Waals surface area contributed by atoms with Crippen LogP contribution in [0.4, 0.5) is 0 Å². The first-order valence-electron chi connectivity index (χ1n) is 7.48. The highest BCUT2D eigenvalue weighted by atomic mass is 32.2. The standard InChI is InChI=1S/C15H23N3O3S/c1-11(2)17-22(20,21)14-7-3-5-12(9-14)15(19)18-8-4-6-13(18)10-16/h3,5,7,9,11,13,17H,4,6,8,10,16H2,1-2H3. The first kappa shape index (κ1) is 16.9. The topological polar surface area (TPSA) is 92.5 Å². The SMILES string of the molecule is CC(C)NS(=O)(=O)c1cccc(C(=O)N2CCCC2CN)c1. The van der Waals surface area contributed by atoms with Crippen molar-refractivity contribution in [2.75, 3.05) is 13.1 Å². The predicted molar refractivity (Wildman–Crippen MR) is 85.0 cm³/mol. The van der Waals surface area contributed by atoms with Crippen molar-refractivity contribution in [2.45, 2.75) is 43.7 Å². The fourth-order valence-electron chi connectivity index (χ4n) is 2.69. The summed E-state index contributed by atoms with van der Waals surface area (Å²) >= 11 is 0. The second-order valence-corrected chi connectivity index (χ2v) is 7.55. The molecule has 22 heavy (non-hydrogen) atoms. The number of nitrogens with one attached hydrogen (secondary N) is 1. The van der Waals surface area contributed by atoms with E-state index in [1.807, 2.05) is 0 Å². The van der Waals surface area contributed by atoms with E-state index in [1.165, 1.54) is 12.1 Å². The molecule has 0 radical (unpaired) electrons. The van der Waals surface area contributed by atoms with Gasteiger partial charge in [-0.3, -0.25) is 4.79 Å². The number of carbonyl (C=O) groups is 1. The van der Waals surface area contributed by atoms with Gasteiger partial charge in [0.05, 0.1) is 4.90 Å². The van der Waals surface area contributed by atoms with E-state index in [1.54, 1.807) is 30.9 Å². The van der Waals surface area contributed by atoms with Crippen LogP contribution in [0.2, 0.25) is 0 Å². The molecule has 3 N–H and O–H groups in total. The van der Waals surface area contributed by atoms with Crippen molar-refractivity contribution >= 4 is 15.9 Å².